The molecular weight excluding hydrogens is 424 g/mol. The average Bonchev–Trinajstić information content (AvgIpc) is 3.12. The maximum Gasteiger partial charge on any atom is 0.326 e. The number of anilines is 2. The van der Waals surface area contributed by atoms with E-state index in [-0.39, 0.29) is 11.9 Å². The van der Waals surface area contributed by atoms with E-state index in [0.29, 0.717) is 23.8 Å². The number of nitrogens with zero attached hydrogens (tertiary/aromatic N) is 3. The van der Waals surface area contributed by atoms with Crippen LogP contribution in [0, 0.1) is 0 Å². The van der Waals surface area contributed by atoms with Gasteiger partial charge in [-0.3, -0.25) is 9.69 Å². The van der Waals surface area contributed by atoms with Crippen LogP contribution in [0.5, 0.6) is 0 Å². The Morgan fingerprint density at radius 3 is 2.24 bits per heavy atom. The molecule has 1 N–H and O–H groups in total. The van der Waals surface area contributed by atoms with Gasteiger partial charge in [-0.1, -0.05) is 24.6 Å². The second kappa shape index (κ2) is 10.6. The highest BCUT2D eigenvalue weighted by Gasteiger charge is 2.28. The molecule has 3 amide bonds. The van der Waals surface area contributed by atoms with Gasteiger partial charge < -0.3 is 15.1 Å². The molecule has 3 aliphatic rings. The molecule has 6 nitrogen and oxygen atoms in total. The van der Waals surface area contributed by atoms with Gasteiger partial charge in [-0.2, -0.15) is 0 Å². The summed E-state index contributed by atoms with van der Waals surface area (Å²) in [6.45, 7) is 4.80. The number of aryl methyl sites for hydroxylation is 1. The summed E-state index contributed by atoms with van der Waals surface area (Å²) in [6, 6.07) is 16.0. The third kappa shape index (κ3) is 5.12. The van der Waals surface area contributed by atoms with Crippen molar-refractivity contribution in [3.8, 4) is 0 Å². The Balaban J connectivity index is 1.17. The zero-order chi connectivity index (χ0) is 23.3. The van der Waals surface area contributed by atoms with E-state index in [1.165, 1.54) is 37.9 Å². The van der Waals surface area contributed by atoms with Crippen molar-refractivity contribution in [1.82, 2.24) is 9.80 Å². The summed E-state index contributed by atoms with van der Waals surface area (Å²) in [4.78, 5) is 32.6. The molecule has 2 aromatic carbocycles. The van der Waals surface area contributed by atoms with Crippen molar-refractivity contribution < 1.29 is 9.59 Å². The minimum atomic E-state index is -0.117. The Kier molecular flexibility index (Phi) is 7.14. The lowest BCUT2D eigenvalue weighted by molar-refractivity contribution is 0.0590. The molecule has 2 saturated heterocycles. The van der Waals surface area contributed by atoms with Gasteiger partial charge in [-0.05, 0) is 93.9 Å². The summed E-state index contributed by atoms with van der Waals surface area (Å²) in [7, 11) is 0. The van der Waals surface area contributed by atoms with E-state index >= 15 is 0 Å². The Morgan fingerprint density at radius 1 is 0.765 bits per heavy atom. The first-order chi connectivity index (χ1) is 16.7. The van der Waals surface area contributed by atoms with Gasteiger partial charge in [0.25, 0.3) is 5.91 Å². The molecule has 6 heteroatoms. The molecule has 0 saturated carbocycles. The number of likely N-dealkylation sites (tertiary alicyclic amines) is 2. The van der Waals surface area contributed by atoms with Crippen molar-refractivity contribution in [1.29, 1.82) is 0 Å². The van der Waals surface area contributed by atoms with E-state index in [1.54, 1.807) is 0 Å². The zero-order valence-corrected chi connectivity index (χ0v) is 20.0. The number of hydrogen-bond donors (Lipinski definition) is 1. The van der Waals surface area contributed by atoms with Crippen LogP contribution in [0.25, 0.3) is 0 Å². The van der Waals surface area contributed by atoms with Crippen molar-refractivity contribution >= 4 is 23.3 Å². The van der Waals surface area contributed by atoms with Crippen LogP contribution >= 0.6 is 0 Å². The van der Waals surface area contributed by atoms with E-state index in [4.69, 9.17) is 0 Å². The number of para-hydroxylation sites is 1. The van der Waals surface area contributed by atoms with Gasteiger partial charge in [0.05, 0.1) is 0 Å². The summed E-state index contributed by atoms with van der Waals surface area (Å²) in [5.41, 5.74) is 3.62. The number of urea groups is 1. The highest BCUT2D eigenvalue weighted by molar-refractivity contribution is 6.02. The van der Waals surface area contributed by atoms with Gasteiger partial charge in [0.15, 0.2) is 0 Å². The predicted octanol–water partition coefficient (Wildman–Crippen LogP) is 5.15. The molecular formula is C28H36N4O2. The number of piperidine rings is 2. The van der Waals surface area contributed by atoms with Crippen LogP contribution < -0.4 is 10.2 Å². The van der Waals surface area contributed by atoms with Gasteiger partial charge in [-0.25, -0.2) is 4.79 Å². The number of hydrogen-bond acceptors (Lipinski definition) is 3. The van der Waals surface area contributed by atoms with E-state index in [9.17, 15) is 9.59 Å². The maximum atomic E-state index is 13.1. The molecule has 0 bridgehead atoms. The normalized spacial score (nSPS) is 19.9. The van der Waals surface area contributed by atoms with Crippen LogP contribution in [0.15, 0.2) is 48.5 Å². The van der Waals surface area contributed by atoms with Crippen molar-refractivity contribution in [2.24, 2.45) is 0 Å². The van der Waals surface area contributed by atoms with Crippen LogP contribution in [0.1, 0.15) is 60.9 Å². The average molecular weight is 461 g/mol. The molecule has 2 aromatic rings. The summed E-state index contributed by atoms with van der Waals surface area (Å²) in [5.74, 6) is 0.0939. The van der Waals surface area contributed by atoms with E-state index in [1.807, 2.05) is 52.3 Å². The minimum absolute atomic E-state index is 0.0939. The topological polar surface area (TPSA) is 55.9 Å². The number of fused-ring (bicyclic) bond motifs is 1. The van der Waals surface area contributed by atoms with Crippen LogP contribution in [0.2, 0.25) is 0 Å². The fourth-order valence-corrected chi connectivity index (χ4v) is 5.69. The lowest BCUT2D eigenvalue weighted by Gasteiger charge is -2.40. The van der Waals surface area contributed by atoms with E-state index in [0.717, 1.165) is 50.9 Å². The monoisotopic (exact) mass is 460 g/mol. The first kappa shape index (κ1) is 22.9. The summed E-state index contributed by atoms with van der Waals surface area (Å²) in [6.07, 6.45) is 9.20. The van der Waals surface area contributed by atoms with Gasteiger partial charge >= 0.3 is 6.03 Å². The van der Waals surface area contributed by atoms with Gasteiger partial charge in [-0.15, -0.1) is 0 Å². The first-order valence-electron chi connectivity index (χ1n) is 13.0. The lowest BCUT2D eigenvalue weighted by Crippen LogP contribution is -2.48. The van der Waals surface area contributed by atoms with Crippen LogP contribution in [0.4, 0.5) is 16.2 Å². The van der Waals surface area contributed by atoms with Crippen LogP contribution in [-0.4, -0.2) is 60.5 Å². The highest BCUT2D eigenvalue weighted by Crippen LogP contribution is 2.27. The largest absolute Gasteiger partial charge is 0.339 e. The van der Waals surface area contributed by atoms with Gasteiger partial charge in [0.2, 0.25) is 0 Å². The second-order valence-electron chi connectivity index (χ2n) is 9.86. The molecule has 0 aromatic heterocycles. The van der Waals surface area contributed by atoms with Crippen LogP contribution in [0.3, 0.4) is 0 Å². The Bertz CT molecular complexity index is 992. The minimum Gasteiger partial charge on any atom is -0.339 e. The van der Waals surface area contributed by atoms with Crippen LogP contribution in [-0.2, 0) is 6.42 Å². The quantitative estimate of drug-likeness (QED) is 0.689. The molecule has 2 fully saturated rings. The number of amides is 3. The smallest absolute Gasteiger partial charge is 0.326 e. The van der Waals surface area contributed by atoms with Crippen molar-refractivity contribution in [2.75, 3.05) is 42.9 Å². The summed E-state index contributed by atoms with van der Waals surface area (Å²) < 4.78 is 0. The number of carbonyl (C=O) groups is 2. The Morgan fingerprint density at radius 2 is 1.47 bits per heavy atom. The number of carbonyl (C=O) groups excluding carboxylic acids is 2. The zero-order valence-electron chi connectivity index (χ0n) is 20.0. The van der Waals surface area contributed by atoms with Crippen molar-refractivity contribution in [3.63, 3.8) is 0 Å². The SMILES string of the molecule is O=C(c1ccc(NC(=O)N2CCCCc3ccccc32)cc1)N1CCC(N2CCCCC2)CC1. The lowest BCUT2D eigenvalue weighted by atomic mass is 9.99. The molecule has 0 unspecified atom stereocenters. The Labute approximate surface area is 202 Å². The predicted molar refractivity (Wildman–Crippen MR) is 137 cm³/mol. The van der Waals surface area contributed by atoms with E-state index < -0.39 is 0 Å². The number of rotatable bonds is 3. The highest BCUT2D eigenvalue weighted by atomic mass is 16.2. The summed E-state index contributed by atoms with van der Waals surface area (Å²) >= 11 is 0. The molecule has 0 aliphatic carbocycles. The fraction of sp³-hybridized carbons (Fsp3) is 0.500. The summed E-state index contributed by atoms with van der Waals surface area (Å²) in [5, 5.41) is 3.02. The third-order valence-corrected chi connectivity index (χ3v) is 7.65. The number of benzene rings is 2. The van der Waals surface area contributed by atoms with Gasteiger partial charge in [0.1, 0.15) is 0 Å². The van der Waals surface area contributed by atoms with E-state index in [2.05, 4.69) is 16.3 Å². The fourth-order valence-electron chi connectivity index (χ4n) is 5.69. The molecule has 180 valence electrons. The maximum absolute atomic E-state index is 13.1. The standard InChI is InChI=1S/C28H36N4O2/c33-27(31-20-15-25(16-21-31)30-17-5-1-6-18-30)23-11-13-24(14-12-23)29-28(34)32-19-7-4-9-22-8-2-3-10-26(22)32/h2-3,8,10-14,25H,1,4-7,9,15-21H2,(H,29,34). The molecule has 0 spiro atoms. The first-order valence-corrected chi connectivity index (χ1v) is 13.0. The Hall–Kier alpha value is -2.86. The number of nitrogens with one attached hydrogen (secondary N) is 1. The second-order valence-corrected chi connectivity index (χ2v) is 9.86. The molecule has 3 aliphatic heterocycles. The molecule has 0 radical (unpaired) electrons. The molecule has 3 heterocycles. The molecule has 5 rings (SSSR count). The molecule has 34 heavy (non-hydrogen) atoms. The third-order valence-electron chi connectivity index (χ3n) is 7.65. The molecule has 0 atom stereocenters. The van der Waals surface area contributed by atoms with Crippen molar-refractivity contribution in [3.05, 3.63) is 59.7 Å². The van der Waals surface area contributed by atoms with Gasteiger partial charge in [0, 0.05) is 42.6 Å². The van der Waals surface area contributed by atoms with Crippen molar-refractivity contribution in [2.45, 2.75) is 57.4 Å².